The number of aliphatic hydroxyl groups excluding tert-OH is 1. The molecule has 0 saturated carbocycles. The number of esters is 1. The van der Waals surface area contributed by atoms with Crippen LogP contribution in [0, 0.1) is 6.92 Å². The number of carbonyl (C=O) groups is 1. The molecule has 0 amide bonds. The van der Waals surface area contributed by atoms with Gasteiger partial charge < -0.3 is 19.3 Å². The van der Waals surface area contributed by atoms with Crippen LogP contribution in [0.15, 0.2) is 83.8 Å². The van der Waals surface area contributed by atoms with Crippen molar-refractivity contribution in [3.8, 4) is 0 Å². The van der Waals surface area contributed by atoms with Gasteiger partial charge in [0.25, 0.3) is 5.56 Å². The highest BCUT2D eigenvalue weighted by Crippen LogP contribution is 2.31. The molecule has 0 radical (unpaired) electrons. The number of hydrogen-bond acceptors (Lipinski definition) is 7. The molecule has 9 nitrogen and oxygen atoms in total. The number of rotatable bonds is 9. The Balaban J connectivity index is 1.68. The quantitative estimate of drug-likeness (QED) is 0.330. The number of nitrogens with zero attached hydrogens (tertiary/aromatic N) is 1. The minimum absolute atomic E-state index is 0.278. The summed E-state index contributed by atoms with van der Waals surface area (Å²) in [6.07, 6.45) is 7.17. The summed E-state index contributed by atoms with van der Waals surface area (Å²) < 4.78 is 17.6. The zero-order valence-corrected chi connectivity index (χ0v) is 18.6. The molecule has 4 unspecified atom stereocenters. The van der Waals surface area contributed by atoms with Crippen LogP contribution in [0.1, 0.15) is 27.7 Å². The van der Waals surface area contributed by atoms with Gasteiger partial charge in [-0.2, -0.15) is 0 Å². The summed E-state index contributed by atoms with van der Waals surface area (Å²) in [7, 11) is 0. The molecule has 0 aliphatic carbocycles. The Morgan fingerprint density at radius 3 is 2.62 bits per heavy atom. The molecule has 3 rings (SSSR count). The van der Waals surface area contributed by atoms with Crippen LogP contribution < -0.4 is 11.2 Å². The van der Waals surface area contributed by atoms with Crippen molar-refractivity contribution in [2.75, 3.05) is 6.61 Å². The van der Waals surface area contributed by atoms with Crippen molar-refractivity contribution >= 4 is 12.0 Å². The molecular weight excluding hydrogens is 440 g/mol. The van der Waals surface area contributed by atoms with Crippen LogP contribution in [0.25, 0.3) is 6.08 Å². The Labute approximate surface area is 195 Å². The van der Waals surface area contributed by atoms with E-state index in [1.165, 1.54) is 13.1 Å². The van der Waals surface area contributed by atoms with E-state index in [0.717, 1.165) is 16.4 Å². The molecule has 34 heavy (non-hydrogen) atoms. The van der Waals surface area contributed by atoms with Crippen molar-refractivity contribution in [1.82, 2.24) is 9.55 Å². The van der Waals surface area contributed by atoms with Gasteiger partial charge in [-0.1, -0.05) is 55.7 Å². The zero-order valence-electron chi connectivity index (χ0n) is 18.6. The Hall–Kier alpha value is -3.95. The van der Waals surface area contributed by atoms with Crippen molar-refractivity contribution in [1.29, 1.82) is 0 Å². The molecule has 1 fully saturated rings. The number of carbonyl (C=O) groups excluding carboxylic acids is 1. The van der Waals surface area contributed by atoms with Crippen LogP contribution in [0.5, 0.6) is 0 Å². The average molecular weight is 466 g/mol. The summed E-state index contributed by atoms with van der Waals surface area (Å²) >= 11 is 0. The van der Waals surface area contributed by atoms with Gasteiger partial charge in [-0.15, -0.1) is 0 Å². The number of aliphatic hydroxyl groups is 1. The van der Waals surface area contributed by atoms with Crippen molar-refractivity contribution in [2.24, 2.45) is 0 Å². The first kappa shape index (κ1) is 24.7. The molecule has 1 aliphatic heterocycles. The van der Waals surface area contributed by atoms with Crippen LogP contribution in [0.2, 0.25) is 0 Å². The molecule has 0 bridgehead atoms. The number of H-pyrrole nitrogens is 1. The van der Waals surface area contributed by atoms with E-state index in [2.05, 4.69) is 18.1 Å². The number of allylic oxidation sites excluding steroid dienone is 4. The molecule has 4 atom stereocenters. The largest absolute Gasteiger partial charge is 0.491 e. The second kappa shape index (κ2) is 11.3. The van der Waals surface area contributed by atoms with E-state index in [0.29, 0.717) is 5.56 Å². The minimum Gasteiger partial charge on any atom is -0.491 e. The molecule has 9 heteroatoms. The Morgan fingerprint density at radius 1 is 1.21 bits per heavy atom. The maximum atomic E-state index is 12.5. The van der Waals surface area contributed by atoms with Gasteiger partial charge in [0.05, 0.1) is 11.8 Å². The summed E-state index contributed by atoms with van der Waals surface area (Å²) in [5.74, 6) is -0.598. The van der Waals surface area contributed by atoms with E-state index in [4.69, 9.17) is 14.2 Å². The molecule has 1 aliphatic rings. The molecule has 2 N–H and O–H groups in total. The standard InChI is InChI=1S/C25H26N2O7/c1-4-6-7-8-9-17-10-12-18(13-11-17)24(30)33-15-19-20(28)21(32-5-2)23(34-19)27-14-16(3)22(29)26-25(27)31/h4-14,19-21,23,28H,1-2,15H2,3H3,(H,26,29,31). The highest BCUT2D eigenvalue weighted by atomic mass is 16.6. The number of aromatic nitrogens is 2. The molecule has 2 heterocycles. The molecule has 0 spiro atoms. The van der Waals surface area contributed by atoms with Crippen molar-refractivity contribution in [3.63, 3.8) is 0 Å². The predicted octanol–water partition coefficient (Wildman–Crippen LogP) is 2.24. The van der Waals surface area contributed by atoms with E-state index in [-0.39, 0.29) is 12.2 Å². The Morgan fingerprint density at radius 2 is 1.94 bits per heavy atom. The lowest BCUT2D eigenvalue weighted by molar-refractivity contribution is -0.0612. The molecule has 1 saturated heterocycles. The lowest BCUT2D eigenvalue weighted by Gasteiger charge is -2.21. The number of aromatic amines is 1. The van der Waals surface area contributed by atoms with Crippen molar-refractivity contribution in [2.45, 2.75) is 31.5 Å². The van der Waals surface area contributed by atoms with E-state index < -0.39 is 41.8 Å². The predicted molar refractivity (Wildman–Crippen MR) is 126 cm³/mol. The minimum atomic E-state index is -1.23. The number of aryl methyl sites for hydroxylation is 1. The van der Waals surface area contributed by atoms with Gasteiger partial charge in [0.15, 0.2) is 12.3 Å². The highest BCUT2D eigenvalue weighted by Gasteiger charge is 2.47. The fourth-order valence-corrected chi connectivity index (χ4v) is 3.39. The van der Waals surface area contributed by atoms with Gasteiger partial charge in [0.1, 0.15) is 18.8 Å². The molecule has 2 aromatic rings. The highest BCUT2D eigenvalue weighted by molar-refractivity contribution is 5.89. The number of hydrogen-bond donors (Lipinski definition) is 2. The monoisotopic (exact) mass is 466 g/mol. The van der Waals surface area contributed by atoms with Gasteiger partial charge in [0, 0.05) is 11.8 Å². The average Bonchev–Trinajstić information content (AvgIpc) is 3.13. The van der Waals surface area contributed by atoms with Gasteiger partial charge in [0.2, 0.25) is 0 Å². The second-order valence-electron chi connectivity index (χ2n) is 7.50. The van der Waals surface area contributed by atoms with E-state index in [9.17, 15) is 19.5 Å². The van der Waals surface area contributed by atoms with Crippen molar-refractivity contribution < 1.29 is 24.1 Å². The maximum absolute atomic E-state index is 12.5. The Bertz CT molecular complexity index is 1210. The Kier molecular flexibility index (Phi) is 8.18. The van der Waals surface area contributed by atoms with Crippen LogP contribution >= 0.6 is 0 Å². The maximum Gasteiger partial charge on any atom is 0.338 e. The first-order chi connectivity index (χ1) is 16.3. The first-order valence-electron chi connectivity index (χ1n) is 10.5. The SMILES string of the molecule is C=CC=CC=Cc1ccc(C(=O)OCC2OC(n3cc(C)c(=O)[nH]c3=O)C(OC=C)C2O)cc1. The first-order valence-corrected chi connectivity index (χ1v) is 10.5. The second-order valence-corrected chi connectivity index (χ2v) is 7.50. The van der Waals surface area contributed by atoms with Gasteiger partial charge >= 0.3 is 11.7 Å². The van der Waals surface area contributed by atoms with Crippen molar-refractivity contribution in [3.05, 3.63) is 112 Å². The fraction of sp³-hybridized carbons (Fsp3) is 0.240. The normalized spacial score (nSPS) is 22.2. The van der Waals surface area contributed by atoms with Crippen LogP contribution in [-0.2, 0) is 14.2 Å². The third-order valence-electron chi connectivity index (χ3n) is 5.16. The third-order valence-corrected chi connectivity index (χ3v) is 5.16. The van der Waals surface area contributed by atoms with Gasteiger partial charge in [-0.05, 0) is 24.6 Å². The summed E-state index contributed by atoms with van der Waals surface area (Å²) in [5.41, 5.74) is 0.251. The third kappa shape index (κ3) is 5.69. The van der Waals surface area contributed by atoms with E-state index in [1.54, 1.807) is 36.4 Å². The smallest absolute Gasteiger partial charge is 0.338 e. The van der Waals surface area contributed by atoms with Crippen LogP contribution in [0.4, 0.5) is 0 Å². The number of ether oxygens (including phenoxy) is 3. The fourth-order valence-electron chi connectivity index (χ4n) is 3.39. The topological polar surface area (TPSA) is 120 Å². The number of benzene rings is 1. The summed E-state index contributed by atoms with van der Waals surface area (Å²) in [6, 6.07) is 6.79. The molecule has 1 aromatic carbocycles. The molecule has 178 valence electrons. The van der Waals surface area contributed by atoms with Crippen LogP contribution in [-0.4, -0.2) is 45.5 Å². The molecule has 1 aromatic heterocycles. The van der Waals surface area contributed by atoms with E-state index >= 15 is 0 Å². The van der Waals surface area contributed by atoms with Gasteiger partial charge in [-0.3, -0.25) is 14.3 Å². The van der Waals surface area contributed by atoms with E-state index in [1.807, 2.05) is 18.2 Å². The zero-order chi connectivity index (χ0) is 24.7. The van der Waals surface area contributed by atoms with Gasteiger partial charge in [-0.25, -0.2) is 9.59 Å². The lowest BCUT2D eigenvalue weighted by atomic mass is 10.1. The molecular formula is C25H26N2O7. The summed E-state index contributed by atoms with van der Waals surface area (Å²) in [4.78, 5) is 38.6. The lowest BCUT2D eigenvalue weighted by Crippen LogP contribution is -2.39. The van der Waals surface area contributed by atoms with Crippen LogP contribution in [0.3, 0.4) is 0 Å². The number of nitrogens with one attached hydrogen (secondary N) is 1. The summed E-state index contributed by atoms with van der Waals surface area (Å²) in [5, 5.41) is 10.7. The summed E-state index contributed by atoms with van der Waals surface area (Å²) in [6.45, 7) is 8.33.